The van der Waals surface area contributed by atoms with Gasteiger partial charge >= 0.3 is 0 Å². The van der Waals surface area contributed by atoms with Gasteiger partial charge in [0.15, 0.2) is 5.96 Å². The van der Waals surface area contributed by atoms with Crippen LogP contribution in [0, 0.1) is 23.1 Å². The Balaban J connectivity index is 0.00000312. The normalized spacial score (nSPS) is 13.8. The number of likely N-dealkylation sites (N-methyl/N-ethyl adjacent to an activating group) is 1. The third kappa shape index (κ3) is 7.57. The zero-order valence-corrected chi connectivity index (χ0v) is 17.1. The number of halogens is 2. The highest BCUT2D eigenvalue weighted by Gasteiger charge is 2.21. The maximum Gasteiger partial charge on any atom is 0.194 e. The summed E-state index contributed by atoms with van der Waals surface area (Å²) in [5.74, 6) is 1.08. The fourth-order valence-electron chi connectivity index (χ4n) is 2.22. The zero-order valence-electron chi connectivity index (χ0n) is 14.8. The summed E-state index contributed by atoms with van der Waals surface area (Å²) in [6.45, 7) is 5.19. The molecule has 0 spiro atoms. The molecule has 0 amide bonds. The second-order valence-corrected chi connectivity index (χ2v) is 6.03. The third-order valence-electron chi connectivity index (χ3n) is 3.90. The number of rotatable bonds is 8. The third-order valence-corrected chi connectivity index (χ3v) is 3.90. The predicted molar refractivity (Wildman–Crippen MR) is 108 cm³/mol. The van der Waals surface area contributed by atoms with Gasteiger partial charge in [-0.1, -0.05) is 6.07 Å². The average molecular weight is 460 g/mol. The minimum absolute atomic E-state index is 0. The number of hydrogen-bond acceptors (Lipinski definition) is 3. The quantitative estimate of drug-likeness (QED) is 0.280. The van der Waals surface area contributed by atoms with Crippen molar-refractivity contribution in [2.75, 3.05) is 33.4 Å². The van der Waals surface area contributed by atoms with Crippen LogP contribution in [0.3, 0.4) is 0 Å². The van der Waals surface area contributed by atoms with Crippen LogP contribution < -0.4 is 5.32 Å². The first kappa shape index (κ1) is 21.6. The smallest absolute Gasteiger partial charge is 0.194 e. The summed E-state index contributed by atoms with van der Waals surface area (Å²) < 4.78 is 19.6. The summed E-state index contributed by atoms with van der Waals surface area (Å²) in [6, 6.07) is 6.39. The molecule has 0 aliphatic heterocycles. The highest BCUT2D eigenvalue weighted by atomic mass is 127. The molecule has 1 N–H and O–H groups in total. The van der Waals surface area contributed by atoms with Gasteiger partial charge in [-0.2, -0.15) is 5.26 Å². The molecule has 0 heterocycles. The van der Waals surface area contributed by atoms with Crippen LogP contribution in [0.2, 0.25) is 0 Å². The Morgan fingerprint density at radius 2 is 2.24 bits per heavy atom. The molecule has 1 fully saturated rings. The molecule has 0 unspecified atom stereocenters. The van der Waals surface area contributed by atoms with E-state index in [0.717, 1.165) is 31.6 Å². The van der Waals surface area contributed by atoms with E-state index < -0.39 is 5.82 Å². The van der Waals surface area contributed by atoms with Crippen LogP contribution in [0.5, 0.6) is 0 Å². The molecular formula is C18H26FIN4O. The summed E-state index contributed by atoms with van der Waals surface area (Å²) in [5.41, 5.74) is 0.792. The van der Waals surface area contributed by atoms with Crippen LogP contribution in [-0.2, 0) is 11.3 Å². The molecule has 138 valence electrons. The molecule has 0 bridgehead atoms. The van der Waals surface area contributed by atoms with E-state index >= 15 is 0 Å². The molecule has 1 aliphatic carbocycles. The van der Waals surface area contributed by atoms with Gasteiger partial charge in [0.2, 0.25) is 0 Å². The number of hydrogen-bond donors (Lipinski definition) is 1. The van der Waals surface area contributed by atoms with Gasteiger partial charge in [0.1, 0.15) is 5.82 Å². The number of ether oxygens (including phenoxy) is 1. The van der Waals surface area contributed by atoms with Gasteiger partial charge < -0.3 is 15.0 Å². The molecule has 5 nitrogen and oxygen atoms in total. The minimum Gasteiger partial charge on any atom is -0.379 e. The molecule has 1 saturated carbocycles. The lowest BCUT2D eigenvalue weighted by Crippen LogP contribution is -2.40. The van der Waals surface area contributed by atoms with E-state index in [0.29, 0.717) is 17.7 Å². The Bertz CT molecular complexity index is 614. The molecule has 7 heteroatoms. The Morgan fingerprint density at radius 1 is 1.48 bits per heavy atom. The van der Waals surface area contributed by atoms with Gasteiger partial charge in [-0.15, -0.1) is 24.0 Å². The van der Waals surface area contributed by atoms with Gasteiger partial charge in [0.25, 0.3) is 0 Å². The number of benzene rings is 1. The number of nitriles is 1. The van der Waals surface area contributed by atoms with Crippen LogP contribution in [0.1, 0.15) is 30.9 Å². The standard InChI is InChI=1S/C18H25FN4O.HI/c1-3-21-18(23(2)8-9-24-13-14-4-5-14)22-12-16-7-6-15(11-20)10-17(16)19;/h6-7,10,14H,3-5,8-9,12-13H2,1-2H3,(H,21,22);1H. The summed E-state index contributed by atoms with van der Waals surface area (Å²) in [4.78, 5) is 6.46. The van der Waals surface area contributed by atoms with Crippen molar-refractivity contribution in [3.63, 3.8) is 0 Å². The van der Waals surface area contributed by atoms with Crippen molar-refractivity contribution in [3.05, 3.63) is 35.1 Å². The van der Waals surface area contributed by atoms with Crippen molar-refractivity contribution in [2.45, 2.75) is 26.3 Å². The first-order valence-electron chi connectivity index (χ1n) is 8.39. The molecule has 1 aromatic rings. The van der Waals surface area contributed by atoms with Crippen LogP contribution >= 0.6 is 24.0 Å². The van der Waals surface area contributed by atoms with E-state index in [2.05, 4.69) is 10.3 Å². The van der Waals surface area contributed by atoms with Crippen molar-refractivity contribution < 1.29 is 9.13 Å². The Morgan fingerprint density at radius 3 is 2.84 bits per heavy atom. The molecule has 25 heavy (non-hydrogen) atoms. The summed E-state index contributed by atoms with van der Waals surface area (Å²) >= 11 is 0. The number of aliphatic imine (C=N–C) groups is 1. The molecule has 0 atom stereocenters. The van der Waals surface area contributed by atoms with Gasteiger partial charge in [-0.25, -0.2) is 9.38 Å². The second-order valence-electron chi connectivity index (χ2n) is 6.03. The maximum atomic E-state index is 13.9. The second kappa shape index (κ2) is 11.3. The van der Waals surface area contributed by atoms with E-state index in [4.69, 9.17) is 10.00 Å². The SMILES string of the molecule is CCNC(=NCc1ccc(C#N)cc1F)N(C)CCOCC1CC1.I. The summed E-state index contributed by atoms with van der Waals surface area (Å²) in [7, 11) is 1.94. The summed E-state index contributed by atoms with van der Waals surface area (Å²) in [5, 5.41) is 12.0. The fourth-order valence-corrected chi connectivity index (χ4v) is 2.22. The largest absolute Gasteiger partial charge is 0.379 e. The lowest BCUT2D eigenvalue weighted by atomic mass is 10.1. The van der Waals surface area contributed by atoms with E-state index in [-0.39, 0.29) is 30.5 Å². The number of guanidine groups is 1. The van der Waals surface area contributed by atoms with Crippen molar-refractivity contribution >= 4 is 29.9 Å². The van der Waals surface area contributed by atoms with Crippen molar-refractivity contribution in [3.8, 4) is 6.07 Å². The molecule has 0 aromatic heterocycles. The van der Waals surface area contributed by atoms with Gasteiger partial charge in [0.05, 0.1) is 24.8 Å². The van der Waals surface area contributed by atoms with Gasteiger partial charge in [-0.3, -0.25) is 0 Å². The molecule has 0 radical (unpaired) electrons. The fraction of sp³-hybridized carbons (Fsp3) is 0.556. The van der Waals surface area contributed by atoms with E-state index in [9.17, 15) is 4.39 Å². The van der Waals surface area contributed by atoms with Crippen molar-refractivity contribution in [1.82, 2.24) is 10.2 Å². The first-order valence-corrected chi connectivity index (χ1v) is 8.39. The monoisotopic (exact) mass is 460 g/mol. The Kier molecular flexibility index (Phi) is 9.75. The van der Waals surface area contributed by atoms with E-state index in [1.165, 1.54) is 18.9 Å². The van der Waals surface area contributed by atoms with E-state index in [1.807, 2.05) is 24.9 Å². The molecular weight excluding hydrogens is 434 g/mol. The molecule has 1 aliphatic rings. The minimum atomic E-state index is -0.399. The highest BCUT2D eigenvalue weighted by Crippen LogP contribution is 2.28. The van der Waals surface area contributed by atoms with E-state index in [1.54, 1.807) is 12.1 Å². The molecule has 2 rings (SSSR count). The summed E-state index contributed by atoms with van der Waals surface area (Å²) in [6.07, 6.45) is 2.58. The zero-order chi connectivity index (χ0) is 17.4. The maximum absolute atomic E-state index is 13.9. The lowest BCUT2D eigenvalue weighted by molar-refractivity contribution is 0.115. The number of nitrogens with one attached hydrogen (secondary N) is 1. The Labute approximate surface area is 166 Å². The lowest BCUT2D eigenvalue weighted by Gasteiger charge is -2.22. The Hall–Kier alpha value is -1.40. The molecule has 1 aromatic carbocycles. The highest BCUT2D eigenvalue weighted by molar-refractivity contribution is 14.0. The molecule has 0 saturated heterocycles. The average Bonchev–Trinajstić information content (AvgIpc) is 3.40. The first-order chi connectivity index (χ1) is 11.6. The number of nitrogens with zero attached hydrogens (tertiary/aromatic N) is 3. The van der Waals surface area contributed by atoms with Gasteiger partial charge in [0, 0.05) is 32.3 Å². The van der Waals surface area contributed by atoms with Crippen LogP contribution in [0.25, 0.3) is 0 Å². The van der Waals surface area contributed by atoms with Crippen LogP contribution in [-0.4, -0.2) is 44.2 Å². The predicted octanol–water partition coefficient (Wildman–Crippen LogP) is 3.14. The van der Waals surface area contributed by atoms with Crippen LogP contribution in [0.15, 0.2) is 23.2 Å². The van der Waals surface area contributed by atoms with Crippen molar-refractivity contribution in [2.24, 2.45) is 10.9 Å². The van der Waals surface area contributed by atoms with Crippen LogP contribution in [0.4, 0.5) is 4.39 Å². The van der Waals surface area contributed by atoms with Gasteiger partial charge in [-0.05, 0) is 37.8 Å². The topological polar surface area (TPSA) is 60.7 Å². The van der Waals surface area contributed by atoms with Crippen molar-refractivity contribution in [1.29, 1.82) is 5.26 Å².